The van der Waals surface area contributed by atoms with Crippen molar-refractivity contribution < 1.29 is 0 Å². The summed E-state index contributed by atoms with van der Waals surface area (Å²) in [6.45, 7) is 5.63. The van der Waals surface area contributed by atoms with E-state index in [1.54, 1.807) is 11.3 Å². The van der Waals surface area contributed by atoms with Gasteiger partial charge in [0.25, 0.3) is 0 Å². The van der Waals surface area contributed by atoms with Crippen molar-refractivity contribution in [3.05, 3.63) is 22.4 Å². The topological polar surface area (TPSA) is 27.0 Å². The molecule has 0 N–H and O–H groups in total. The molecule has 0 aromatic carbocycles. The zero-order valence-electron chi connectivity index (χ0n) is 8.03. The number of rotatable bonds is 4. The lowest BCUT2D eigenvalue weighted by Gasteiger charge is -2.22. The van der Waals surface area contributed by atoms with Crippen molar-refractivity contribution in [2.75, 3.05) is 6.54 Å². The van der Waals surface area contributed by atoms with Crippen LogP contribution in [0.2, 0.25) is 0 Å². The van der Waals surface area contributed by atoms with Crippen molar-refractivity contribution in [3.63, 3.8) is 0 Å². The smallest absolute Gasteiger partial charge is 0.0871 e. The molecule has 70 valence electrons. The summed E-state index contributed by atoms with van der Waals surface area (Å²) in [7, 11) is 0. The highest BCUT2D eigenvalue weighted by Gasteiger charge is 2.09. The van der Waals surface area contributed by atoms with Gasteiger partial charge >= 0.3 is 0 Å². The Morgan fingerprint density at radius 1 is 1.62 bits per heavy atom. The first-order chi connectivity index (χ1) is 6.24. The average Bonchev–Trinajstić information content (AvgIpc) is 2.56. The summed E-state index contributed by atoms with van der Waals surface area (Å²) >= 11 is 1.74. The second-order valence-electron chi connectivity index (χ2n) is 3.24. The molecule has 0 unspecified atom stereocenters. The van der Waals surface area contributed by atoms with Crippen molar-refractivity contribution in [2.24, 2.45) is 0 Å². The van der Waals surface area contributed by atoms with E-state index in [1.165, 1.54) is 4.88 Å². The zero-order chi connectivity index (χ0) is 9.68. The molecule has 1 aromatic heterocycles. The number of nitrogens with zero attached hydrogens (tertiary/aromatic N) is 2. The lowest BCUT2D eigenvalue weighted by molar-refractivity contribution is 0.242. The highest BCUT2D eigenvalue weighted by Crippen LogP contribution is 2.13. The van der Waals surface area contributed by atoms with Crippen molar-refractivity contribution >= 4 is 11.3 Å². The first-order valence-corrected chi connectivity index (χ1v) is 5.25. The van der Waals surface area contributed by atoms with Gasteiger partial charge in [0.05, 0.1) is 12.6 Å². The van der Waals surface area contributed by atoms with Crippen LogP contribution < -0.4 is 0 Å². The Hall–Kier alpha value is -0.850. The van der Waals surface area contributed by atoms with Crippen LogP contribution in [-0.2, 0) is 6.54 Å². The molecule has 1 heterocycles. The highest BCUT2D eigenvalue weighted by molar-refractivity contribution is 7.09. The van der Waals surface area contributed by atoms with Gasteiger partial charge in [-0.05, 0) is 25.3 Å². The van der Waals surface area contributed by atoms with Crippen LogP contribution in [0.4, 0.5) is 0 Å². The number of hydrogen-bond acceptors (Lipinski definition) is 3. The van der Waals surface area contributed by atoms with Crippen LogP contribution >= 0.6 is 11.3 Å². The summed E-state index contributed by atoms with van der Waals surface area (Å²) in [5, 5.41) is 10.7. The first kappa shape index (κ1) is 10.2. The minimum absolute atomic E-state index is 0.432. The second-order valence-corrected chi connectivity index (χ2v) is 4.27. The standard InChI is InChI=1S/C10H14N2S/c1-9(2)12(6-5-11)8-10-4-3-7-13-10/h3-4,7,9H,6,8H2,1-2H3. The normalized spacial score (nSPS) is 10.7. The molecule has 0 fully saturated rings. The molecule has 0 bridgehead atoms. The Kier molecular flexibility index (Phi) is 3.94. The van der Waals surface area contributed by atoms with Crippen LogP contribution in [0.1, 0.15) is 18.7 Å². The van der Waals surface area contributed by atoms with E-state index in [2.05, 4.69) is 36.3 Å². The molecule has 0 saturated carbocycles. The summed E-state index contributed by atoms with van der Waals surface area (Å²) in [5.74, 6) is 0. The Labute approximate surface area is 83.4 Å². The fraction of sp³-hybridized carbons (Fsp3) is 0.500. The van der Waals surface area contributed by atoms with Crippen molar-refractivity contribution in [1.82, 2.24) is 4.90 Å². The van der Waals surface area contributed by atoms with Gasteiger partial charge < -0.3 is 0 Å². The SMILES string of the molecule is CC(C)N(CC#N)Cc1cccs1. The van der Waals surface area contributed by atoms with Gasteiger partial charge in [-0.25, -0.2) is 0 Å². The predicted molar refractivity (Wildman–Crippen MR) is 55.5 cm³/mol. The third kappa shape index (κ3) is 3.17. The van der Waals surface area contributed by atoms with E-state index in [9.17, 15) is 0 Å². The molecule has 1 rings (SSSR count). The van der Waals surface area contributed by atoms with Crippen LogP contribution in [0.3, 0.4) is 0 Å². The maximum atomic E-state index is 8.63. The van der Waals surface area contributed by atoms with Gasteiger partial charge in [-0.15, -0.1) is 11.3 Å². The van der Waals surface area contributed by atoms with Gasteiger partial charge in [0, 0.05) is 17.5 Å². The van der Waals surface area contributed by atoms with Gasteiger partial charge in [-0.1, -0.05) is 6.07 Å². The Morgan fingerprint density at radius 3 is 2.85 bits per heavy atom. The van der Waals surface area contributed by atoms with Gasteiger partial charge in [0.1, 0.15) is 0 Å². The molecule has 0 aliphatic heterocycles. The summed E-state index contributed by atoms with van der Waals surface area (Å²) < 4.78 is 0. The quantitative estimate of drug-likeness (QED) is 0.688. The molecule has 0 aliphatic rings. The van der Waals surface area contributed by atoms with E-state index >= 15 is 0 Å². The van der Waals surface area contributed by atoms with E-state index < -0.39 is 0 Å². The average molecular weight is 194 g/mol. The lowest BCUT2D eigenvalue weighted by Crippen LogP contribution is -2.30. The summed E-state index contributed by atoms with van der Waals surface area (Å²) in [5.41, 5.74) is 0. The zero-order valence-corrected chi connectivity index (χ0v) is 8.84. The van der Waals surface area contributed by atoms with Gasteiger partial charge in [0.2, 0.25) is 0 Å². The minimum atomic E-state index is 0.432. The number of hydrogen-bond donors (Lipinski definition) is 0. The molecule has 0 amide bonds. The molecule has 0 spiro atoms. The molecule has 3 heteroatoms. The third-order valence-electron chi connectivity index (χ3n) is 1.94. The van der Waals surface area contributed by atoms with Crippen LogP contribution in [0.25, 0.3) is 0 Å². The van der Waals surface area contributed by atoms with Crippen LogP contribution in [0, 0.1) is 11.3 Å². The largest absolute Gasteiger partial charge is 0.283 e. The summed E-state index contributed by atoms with van der Waals surface area (Å²) in [4.78, 5) is 3.48. The van der Waals surface area contributed by atoms with Gasteiger partial charge in [-0.3, -0.25) is 4.90 Å². The van der Waals surface area contributed by atoms with E-state index in [1.807, 2.05) is 6.07 Å². The van der Waals surface area contributed by atoms with Gasteiger partial charge in [0.15, 0.2) is 0 Å². The van der Waals surface area contributed by atoms with Crippen LogP contribution in [0.5, 0.6) is 0 Å². The Morgan fingerprint density at radius 2 is 2.38 bits per heavy atom. The minimum Gasteiger partial charge on any atom is -0.283 e. The molecule has 13 heavy (non-hydrogen) atoms. The molecule has 1 aromatic rings. The van der Waals surface area contributed by atoms with Gasteiger partial charge in [-0.2, -0.15) is 5.26 Å². The lowest BCUT2D eigenvalue weighted by atomic mass is 10.3. The van der Waals surface area contributed by atoms with Crippen molar-refractivity contribution in [1.29, 1.82) is 5.26 Å². The van der Waals surface area contributed by atoms with Crippen molar-refractivity contribution in [3.8, 4) is 6.07 Å². The maximum Gasteiger partial charge on any atom is 0.0871 e. The molecule has 0 saturated heterocycles. The summed E-state index contributed by atoms with van der Waals surface area (Å²) in [6, 6.07) is 6.78. The fourth-order valence-corrected chi connectivity index (χ4v) is 1.84. The Bertz CT molecular complexity index is 272. The molecule has 0 radical (unpaired) electrons. The fourth-order valence-electron chi connectivity index (χ4n) is 1.11. The first-order valence-electron chi connectivity index (χ1n) is 4.37. The molecule has 2 nitrogen and oxygen atoms in total. The van der Waals surface area contributed by atoms with E-state index in [0.717, 1.165) is 6.54 Å². The highest BCUT2D eigenvalue weighted by atomic mass is 32.1. The molecular weight excluding hydrogens is 180 g/mol. The van der Waals surface area contributed by atoms with E-state index in [4.69, 9.17) is 5.26 Å². The van der Waals surface area contributed by atoms with Crippen LogP contribution in [-0.4, -0.2) is 17.5 Å². The van der Waals surface area contributed by atoms with E-state index in [0.29, 0.717) is 12.6 Å². The van der Waals surface area contributed by atoms with Crippen molar-refractivity contribution in [2.45, 2.75) is 26.4 Å². The predicted octanol–water partition coefficient (Wildman–Crippen LogP) is 2.48. The van der Waals surface area contributed by atoms with Crippen LogP contribution in [0.15, 0.2) is 17.5 Å². The molecular formula is C10H14N2S. The van der Waals surface area contributed by atoms with E-state index in [-0.39, 0.29) is 0 Å². The monoisotopic (exact) mass is 194 g/mol. The summed E-state index contributed by atoms with van der Waals surface area (Å²) in [6.07, 6.45) is 0. The Balaban J connectivity index is 2.53. The number of thiophene rings is 1. The third-order valence-corrected chi connectivity index (χ3v) is 2.80. The maximum absolute atomic E-state index is 8.63. The number of nitriles is 1. The molecule has 0 aliphatic carbocycles. The molecule has 0 atom stereocenters. The second kappa shape index (κ2) is 5.00.